The van der Waals surface area contributed by atoms with Crippen molar-refractivity contribution in [3.8, 4) is 16.9 Å². The molecule has 3 rings (SSSR count). The fourth-order valence-electron chi connectivity index (χ4n) is 4.63. The summed E-state index contributed by atoms with van der Waals surface area (Å²) in [7, 11) is 0. The van der Waals surface area contributed by atoms with E-state index >= 15 is 0 Å². The van der Waals surface area contributed by atoms with Gasteiger partial charge >= 0.3 is 5.97 Å². The molecule has 0 aliphatic heterocycles. The minimum absolute atomic E-state index is 0.0383. The normalized spacial score (nSPS) is 11.6. The van der Waals surface area contributed by atoms with Crippen molar-refractivity contribution in [3.63, 3.8) is 0 Å². The number of rotatable bonds is 19. The number of aromatic hydroxyl groups is 1. The Labute approximate surface area is 265 Å². The number of phenols is 1. The average Bonchev–Trinajstić information content (AvgIpc) is 3.02. The molecular weight excluding hydrogens is 574 g/mol. The van der Waals surface area contributed by atoms with Crippen LogP contribution in [0.2, 0.25) is 0 Å². The predicted molar refractivity (Wildman–Crippen MR) is 176 cm³/mol. The van der Waals surface area contributed by atoms with Crippen LogP contribution in [0.25, 0.3) is 17.2 Å². The maximum Gasteiger partial charge on any atom is 0.328 e. The lowest BCUT2D eigenvalue weighted by atomic mass is 9.99. The van der Waals surface area contributed by atoms with Crippen molar-refractivity contribution >= 4 is 18.0 Å². The molecule has 0 aromatic heterocycles. The Morgan fingerprint density at radius 3 is 2.24 bits per heavy atom. The minimum atomic E-state index is -0.953. The smallest absolute Gasteiger partial charge is 0.328 e. The fraction of sp³-hybridized carbons (Fsp3) is 0.389. The maximum atomic E-state index is 10.8. The van der Waals surface area contributed by atoms with E-state index in [0.29, 0.717) is 17.7 Å². The number of hydrogen-bond acceptors (Lipinski definition) is 7. The number of nitrogens with one attached hydrogen (secondary N) is 1. The molecule has 0 aliphatic carbocycles. The summed E-state index contributed by atoms with van der Waals surface area (Å²) in [6, 6.07) is 21.2. The standard InChI is InChI=1S/C34H43NO6.C2H4O2/c36-25-31-23-30(15-16-32(31)37)33(38)24-35-18-4-1-2-5-19-41-20-6-3-9-26-10-7-12-28(21-26)29-13-8-11-27(22-29)14-17-34(39)40;1-2(3)4/h7-8,10-17,21-23,33,35-38H,1-6,9,18-20,24-25H2,(H,39,40);1H3,(H,3,4)/b17-14+;/t33-;/m0./s1. The van der Waals surface area contributed by atoms with Gasteiger partial charge < -0.3 is 35.6 Å². The van der Waals surface area contributed by atoms with E-state index in [-0.39, 0.29) is 12.4 Å². The second kappa shape index (κ2) is 21.6. The zero-order chi connectivity index (χ0) is 32.9. The molecule has 0 aliphatic rings. The zero-order valence-corrected chi connectivity index (χ0v) is 26.0. The number of carboxylic acid groups (broad SMARTS) is 2. The number of carboxylic acids is 2. The lowest BCUT2D eigenvalue weighted by molar-refractivity contribution is -0.134. The molecule has 0 unspecified atom stereocenters. The predicted octanol–water partition coefficient (Wildman–Crippen LogP) is 5.96. The molecule has 244 valence electrons. The van der Waals surface area contributed by atoms with E-state index in [0.717, 1.165) is 94.4 Å². The van der Waals surface area contributed by atoms with Gasteiger partial charge in [0, 0.05) is 38.3 Å². The monoisotopic (exact) mass is 621 g/mol. The Morgan fingerprint density at radius 1 is 0.867 bits per heavy atom. The molecule has 0 saturated heterocycles. The third-order valence-corrected chi connectivity index (χ3v) is 6.96. The van der Waals surface area contributed by atoms with Crippen LogP contribution in [0.5, 0.6) is 5.75 Å². The van der Waals surface area contributed by atoms with Gasteiger partial charge in [-0.25, -0.2) is 4.79 Å². The first-order valence-electron chi connectivity index (χ1n) is 15.4. The molecule has 0 spiro atoms. The van der Waals surface area contributed by atoms with Crippen LogP contribution in [0, 0.1) is 0 Å². The summed E-state index contributed by atoms with van der Waals surface area (Å²) in [6.45, 7) is 3.64. The van der Waals surface area contributed by atoms with Gasteiger partial charge in [-0.05, 0) is 90.7 Å². The zero-order valence-electron chi connectivity index (χ0n) is 26.0. The molecule has 3 aromatic rings. The highest BCUT2D eigenvalue weighted by atomic mass is 16.5. The van der Waals surface area contributed by atoms with Gasteiger partial charge in [-0.1, -0.05) is 61.4 Å². The first-order valence-corrected chi connectivity index (χ1v) is 15.4. The van der Waals surface area contributed by atoms with Gasteiger partial charge in [0.25, 0.3) is 5.97 Å². The second-order valence-electron chi connectivity index (χ2n) is 10.8. The summed E-state index contributed by atoms with van der Waals surface area (Å²) in [6.07, 6.45) is 9.46. The Morgan fingerprint density at radius 2 is 1.53 bits per heavy atom. The van der Waals surface area contributed by atoms with Crippen LogP contribution in [0.4, 0.5) is 0 Å². The topological polar surface area (TPSA) is 157 Å². The molecule has 1 atom stereocenters. The number of aliphatic carboxylic acids is 2. The highest BCUT2D eigenvalue weighted by molar-refractivity contribution is 5.85. The van der Waals surface area contributed by atoms with E-state index < -0.39 is 18.0 Å². The first-order chi connectivity index (χ1) is 21.7. The van der Waals surface area contributed by atoms with Crippen LogP contribution in [-0.2, 0) is 27.4 Å². The van der Waals surface area contributed by atoms with E-state index in [1.54, 1.807) is 18.2 Å². The molecule has 0 fully saturated rings. The molecule has 9 nitrogen and oxygen atoms in total. The fourth-order valence-corrected chi connectivity index (χ4v) is 4.63. The van der Waals surface area contributed by atoms with Crippen molar-refractivity contribution in [2.75, 3.05) is 26.3 Å². The van der Waals surface area contributed by atoms with Crippen LogP contribution in [0.15, 0.2) is 72.8 Å². The number of hydrogen-bond donors (Lipinski definition) is 6. The van der Waals surface area contributed by atoms with Gasteiger partial charge in [-0.3, -0.25) is 4.79 Å². The van der Waals surface area contributed by atoms with Gasteiger partial charge in [-0.15, -0.1) is 0 Å². The summed E-state index contributed by atoms with van der Waals surface area (Å²) in [5.41, 5.74) is 5.45. The van der Waals surface area contributed by atoms with Gasteiger partial charge in [0.1, 0.15) is 5.75 Å². The molecule has 9 heteroatoms. The summed E-state index contributed by atoms with van der Waals surface area (Å²) in [4.78, 5) is 19.8. The molecule has 0 saturated carbocycles. The van der Waals surface area contributed by atoms with Gasteiger partial charge in [0.2, 0.25) is 0 Å². The summed E-state index contributed by atoms with van der Waals surface area (Å²) in [5.74, 6) is -1.75. The molecule has 0 bridgehead atoms. The number of benzene rings is 3. The van der Waals surface area contributed by atoms with E-state index in [4.69, 9.17) is 19.7 Å². The second-order valence-corrected chi connectivity index (χ2v) is 10.8. The van der Waals surface area contributed by atoms with E-state index in [1.165, 1.54) is 11.6 Å². The summed E-state index contributed by atoms with van der Waals surface area (Å²) >= 11 is 0. The summed E-state index contributed by atoms with van der Waals surface area (Å²) < 4.78 is 5.82. The number of carbonyl (C=O) groups is 2. The number of ether oxygens (including phenoxy) is 1. The number of aliphatic hydroxyl groups excluding tert-OH is 2. The Kier molecular flexibility index (Phi) is 17.9. The minimum Gasteiger partial charge on any atom is -0.508 e. The molecule has 0 radical (unpaired) electrons. The third-order valence-electron chi connectivity index (χ3n) is 6.96. The quantitative estimate of drug-likeness (QED) is 0.0702. The molecule has 0 heterocycles. The molecule has 6 N–H and O–H groups in total. The molecule has 45 heavy (non-hydrogen) atoms. The molecule has 0 amide bonds. The lowest BCUT2D eigenvalue weighted by Gasteiger charge is -2.14. The largest absolute Gasteiger partial charge is 0.508 e. The Bertz CT molecular complexity index is 1340. The van der Waals surface area contributed by atoms with Gasteiger partial charge in [0.05, 0.1) is 12.7 Å². The van der Waals surface area contributed by atoms with Crippen molar-refractivity contribution in [1.29, 1.82) is 0 Å². The maximum absolute atomic E-state index is 10.8. The van der Waals surface area contributed by atoms with Crippen molar-refractivity contribution in [2.45, 2.75) is 64.6 Å². The Hall–Kier alpha value is -4.02. The number of aliphatic hydroxyl groups is 2. The number of aryl methyl sites for hydroxylation is 1. The highest BCUT2D eigenvalue weighted by Crippen LogP contribution is 2.24. The van der Waals surface area contributed by atoms with Gasteiger partial charge in [-0.2, -0.15) is 0 Å². The molecule has 3 aromatic carbocycles. The van der Waals surface area contributed by atoms with Crippen molar-refractivity contribution in [3.05, 3.63) is 95.1 Å². The van der Waals surface area contributed by atoms with Crippen LogP contribution in [-0.4, -0.2) is 63.8 Å². The lowest BCUT2D eigenvalue weighted by Crippen LogP contribution is -2.22. The van der Waals surface area contributed by atoms with Crippen molar-refractivity contribution in [2.24, 2.45) is 0 Å². The van der Waals surface area contributed by atoms with Gasteiger partial charge in [0.15, 0.2) is 0 Å². The first kappa shape index (κ1) is 37.2. The van der Waals surface area contributed by atoms with E-state index in [9.17, 15) is 20.1 Å². The third kappa shape index (κ3) is 16.0. The Balaban J connectivity index is 0.00000166. The van der Waals surface area contributed by atoms with Crippen LogP contribution in [0.1, 0.15) is 73.8 Å². The van der Waals surface area contributed by atoms with Crippen LogP contribution >= 0.6 is 0 Å². The SMILES string of the molecule is CC(=O)O.O=C(O)/C=C/c1cccc(-c2cccc(CCCCOCCCCCCNC[C@H](O)c3ccc(O)c(CO)c3)c2)c1. The van der Waals surface area contributed by atoms with E-state index in [2.05, 4.69) is 29.6 Å². The van der Waals surface area contributed by atoms with Crippen molar-refractivity contribution in [1.82, 2.24) is 5.32 Å². The molecular formula is C36H47NO8. The van der Waals surface area contributed by atoms with Crippen molar-refractivity contribution < 1.29 is 39.9 Å². The van der Waals surface area contributed by atoms with Crippen LogP contribution in [0.3, 0.4) is 0 Å². The van der Waals surface area contributed by atoms with Crippen LogP contribution < -0.4 is 5.32 Å². The average molecular weight is 622 g/mol. The summed E-state index contributed by atoms with van der Waals surface area (Å²) in [5, 5.41) is 48.7. The highest BCUT2D eigenvalue weighted by Gasteiger charge is 2.10. The van der Waals surface area contributed by atoms with E-state index in [1.807, 2.05) is 24.3 Å². The number of unbranched alkanes of at least 4 members (excludes halogenated alkanes) is 4.